The van der Waals surface area contributed by atoms with Gasteiger partial charge in [-0.1, -0.05) is 18.2 Å². The Kier molecular flexibility index (Phi) is 4.61. The summed E-state index contributed by atoms with van der Waals surface area (Å²) in [6.07, 6.45) is 1.54. The van der Waals surface area contributed by atoms with Crippen LogP contribution in [0, 0.1) is 0 Å². The van der Waals surface area contributed by atoms with Crippen molar-refractivity contribution in [2.75, 3.05) is 19.0 Å². The van der Waals surface area contributed by atoms with Crippen LogP contribution >= 0.6 is 0 Å². The summed E-state index contributed by atoms with van der Waals surface area (Å²) < 4.78 is 10.5. The van der Waals surface area contributed by atoms with Crippen LogP contribution in [0.4, 0.5) is 11.4 Å². The van der Waals surface area contributed by atoms with Crippen molar-refractivity contribution >= 4 is 28.2 Å². The summed E-state index contributed by atoms with van der Waals surface area (Å²) in [4.78, 5) is 16.7. The van der Waals surface area contributed by atoms with E-state index in [1.807, 2.05) is 48.5 Å². The van der Waals surface area contributed by atoms with Gasteiger partial charge in [-0.05, 0) is 37.3 Å². The molecule has 3 rings (SSSR count). The van der Waals surface area contributed by atoms with Gasteiger partial charge in [-0.2, -0.15) is 0 Å². The molecule has 0 spiro atoms. The molecule has 0 radical (unpaired) electrons. The number of hydrogen-bond acceptors (Lipinski definition) is 5. The standard InChI is InChI=1S/C19H18N2O3/c1-3-24-19(22)16-12-20-17-10-9-14(23-2)11-15(17)18(16)21-13-7-5-4-6-8-13/h4-12H,3H2,1-2H3,(H,20,21). The first-order valence-electron chi connectivity index (χ1n) is 7.69. The van der Waals surface area contributed by atoms with E-state index >= 15 is 0 Å². The highest BCUT2D eigenvalue weighted by molar-refractivity contribution is 6.06. The maximum atomic E-state index is 12.3. The fraction of sp³-hybridized carbons (Fsp3) is 0.158. The zero-order valence-corrected chi connectivity index (χ0v) is 13.6. The average Bonchev–Trinajstić information content (AvgIpc) is 2.62. The number of nitrogens with one attached hydrogen (secondary N) is 1. The number of aromatic nitrogens is 1. The van der Waals surface area contributed by atoms with Gasteiger partial charge < -0.3 is 14.8 Å². The minimum atomic E-state index is -0.409. The van der Waals surface area contributed by atoms with E-state index in [1.165, 1.54) is 6.20 Å². The molecule has 3 aromatic rings. The predicted molar refractivity (Wildman–Crippen MR) is 94.0 cm³/mol. The van der Waals surface area contributed by atoms with E-state index in [1.54, 1.807) is 14.0 Å². The monoisotopic (exact) mass is 322 g/mol. The van der Waals surface area contributed by atoms with Crippen molar-refractivity contribution in [3.63, 3.8) is 0 Å². The van der Waals surface area contributed by atoms with Crippen LogP contribution < -0.4 is 10.1 Å². The summed E-state index contributed by atoms with van der Waals surface area (Å²) in [5.74, 6) is 0.287. The molecule has 0 aliphatic carbocycles. The number of hydrogen-bond donors (Lipinski definition) is 1. The Morgan fingerprint density at radius 2 is 1.96 bits per heavy atom. The number of carbonyl (C=O) groups is 1. The molecule has 0 atom stereocenters. The number of para-hydroxylation sites is 1. The first kappa shape index (κ1) is 15.8. The molecule has 0 bridgehead atoms. The van der Waals surface area contributed by atoms with E-state index in [0.29, 0.717) is 23.6 Å². The lowest BCUT2D eigenvalue weighted by Gasteiger charge is -2.14. The van der Waals surface area contributed by atoms with Crippen LogP contribution in [-0.2, 0) is 4.74 Å². The molecular formula is C19H18N2O3. The number of benzene rings is 2. The van der Waals surface area contributed by atoms with Crippen LogP contribution in [0.15, 0.2) is 54.7 Å². The molecule has 1 aromatic heterocycles. The molecule has 0 amide bonds. The van der Waals surface area contributed by atoms with Gasteiger partial charge >= 0.3 is 5.97 Å². The van der Waals surface area contributed by atoms with Crippen LogP contribution in [0.3, 0.4) is 0 Å². The number of fused-ring (bicyclic) bond motifs is 1. The van der Waals surface area contributed by atoms with Crippen molar-refractivity contribution in [1.82, 2.24) is 4.98 Å². The Balaban J connectivity index is 2.18. The van der Waals surface area contributed by atoms with Crippen LogP contribution in [0.2, 0.25) is 0 Å². The molecule has 0 unspecified atom stereocenters. The zero-order chi connectivity index (χ0) is 16.9. The van der Waals surface area contributed by atoms with Crippen molar-refractivity contribution < 1.29 is 14.3 Å². The highest BCUT2D eigenvalue weighted by Gasteiger charge is 2.17. The third kappa shape index (κ3) is 3.15. The number of methoxy groups -OCH3 is 1. The summed E-state index contributed by atoms with van der Waals surface area (Å²) in [6.45, 7) is 2.08. The van der Waals surface area contributed by atoms with Gasteiger partial charge in [0.15, 0.2) is 0 Å². The van der Waals surface area contributed by atoms with Crippen molar-refractivity contribution in [2.45, 2.75) is 6.92 Å². The van der Waals surface area contributed by atoms with Gasteiger partial charge in [0.05, 0.1) is 24.9 Å². The second-order valence-corrected chi connectivity index (χ2v) is 5.14. The molecule has 0 fully saturated rings. The number of carbonyl (C=O) groups excluding carboxylic acids is 1. The highest BCUT2D eigenvalue weighted by Crippen LogP contribution is 2.32. The lowest BCUT2D eigenvalue weighted by atomic mass is 10.1. The Morgan fingerprint density at radius 1 is 1.17 bits per heavy atom. The molecular weight excluding hydrogens is 304 g/mol. The van der Waals surface area contributed by atoms with Gasteiger partial charge in [0.25, 0.3) is 0 Å². The molecule has 0 aliphatic rings. The number of rotatable bonds is 5. The van der Waals surface area contributed by atoms with E-state index < -0.39 is 5.97 Å². The van der Waals surface area contributed by atoms with E-state index in [4.69, 9.17) is 9.47 Å². The predicted octanol–water partition coefficient (Wildman–Crippen LogP) is 4.16. The molecule has 122 valence electrons. The molecule has 24 heavy (non-hydrogen) atoms. The van der Waals surface area contributed by atoms with Crippen molar-refractivity contribution in [2.24, 2.45) is 0 Å². The summed E-state index contributed by atoms with van der Waals surface area (Å²) in [6, 6.07) is 15.2. The summed E-state index contributed by atoms with van der Waals surface area (Å²) in [5, 5.41) is 4.10. The number of esters is 1. The Morgan fingerprint density at radius 3 is 2.67 bits per heavy atom. The minimum absolute atomic E-state index is 0.305. The van der Waals surface area contributed by atoms with Gasteiger partial charge in [-0.25, -0.2) is 4.79 Å². The first-order valence-corrected chi connectivity index (χ1v) is 7.69. The lowest BCUT2D eigenvalue weighted by Crippen LogP contribution is -2.09. The topological polar surface area (TPSA) is 60.5 Å². The Hall–Kier alpha value is -3.08. The molecule has 5 nitrogen and oxygen atoms in total. The molecule has 0 aliphatic heterocycles. The number of nitrogens with zero attached hydrogens (tertiary/aromatic N) is 1. The Bertz CT molecular complexity index is 863. The van der Waals surface area contributed by atoms with Crippen LogP contribution in [0.25, 0.3) is 10.9 Å². The summed E-state index contributed by atoms with van der Waals surface area (Å²) in [7, 11) is 1.61. The third-order valence-corrected chi connectivity index (χ3v) is 3.61. The van der Waals surface area contributed by atoms with Crippen molar-refractivity contribution in [3.8, 4) is 5.75 Å². The van der Waals surface area contributed by atoms with Crippen LogP contribution in [0.5, 0.6) is 5.75 Å². The summed E-state index contributed by atoms with van der Waals surface area (Å²) >= 11 is 0. The second kappa shape index (κ2) is 7.00. The molecule has 5 heteroatoms. The maximum Gasteiger partial charge on any atom is 0.341 e. The first-order chi connectivity index (χ1) is 11.7. The molecule has 0 saturated carbocycles. The number of anilines is 2. The lowest BCUT2D eigenvalue weighted by molar-refractivity contribution is 0.0527. The quantitative estimate of drug-likeness (QED) is 0.715. The largest absolute Gasteiger partial charge is 0.497 e. The van der Waals surface area contributed by atoms with E-state index in [0.717, 1.165) is 16.6 Å². The van der Waals surface area contributed by atoms with Crippen LogP contribution in [-0.4, -0.2) is 24.7 Å². The fourth-order valence-corrected chi connectivity index (χ4v) is 2.46. The normalized spacial score (nSPS) is 10.4. The zero-order valence-electron chi connectivity index (χ0n) is 13.6. The van der Waals surface area contributed by atoms with E-state index in [2.05, 4.69) is 10.3 Å². The summed E-state index contributed by atoms with van der Waals surface area (Å²) in [5.41, 5.74) is 2.69. The Labute approximate surface area is 140 Å². The van der Waals surface area contributed by atoms with Crippen molar-refractivity contribution in [1.29, 1.82) is 0 Å². The van der Waals surface area contributed by atoms with Gasteiger partial charge in [0, 0.05) is 17.3 Å². The van der Waals surface area contributed by atoms with E-state index in [-0.39, 0.29) is 0 Å². The number of ether oxygens (including phenoxy) is 2. The second-order valence-electron chi connectivity index (χ2n) is 5.14. The van der Waals surface area contributed by atoms with Gasteiger partial charge in [-0.15, -0.1) is 0 Å². The molecule has 0 saturated heterocycles. The average molecular weight is 322 g/mol. The maximum absolute atomic E-state index is 12.3. The molecule has 2 aromatic carbocycles. The van der Waals surface area contributed by atoms with E-state index in [9.17, 15) is 4.79 Å². The number of pyridine rings is 1. The molecule has 1 heterocycles. The highest BCUT2D eigenvalue weighted by atomic mass is 16.5. The van der Waals surface area contributed by atoms with Gasteiger partial charge in [-0.3, -0.25) is 4.98 Å². The van der Waals surface area contributed by atoms with Gasteiger partial charge in [0.2, 0.25) is 0 Å². The fourth-order valence-electron chi connectivity index (χ4n) is 2.46. The SMILES string of the molecule is CCOC(=O)c1cnc2ccc(OC)cc2c1Nc1ccccc1. The van der Waals surface area contributed by atoms with Gasteiger partial charge in [0.1, 0.15) is 11.3 Å². The molecule has 1 N–H and O–H groups in total. The van der Waals surface area contributed by atoms with Crippen molar-refractivity contribution in [3.05, 3.63) is 60.3 Å². The van der Waals surface area contributed by atoms with Crippen LogP contribution in [0.1, 0.15) is 17.3 Å². The third-order valence-electron chi connectivity index (χ3n) is 3.61. The smallest absolute Gasteiger partial charge is 0.341 e. The minimum Gasteiger partial charge on any atom is -0.497 e.